The first-order chi connectivity index (χ1) is 10.2. The van der Waals surface area contributed by atoms with Gasteiger partial charge < -0.3 is 10.6 Å². The van der Waals surface area contributed by atoms with Crippen LogP contribution in [0.15, 0.2) is 24.3 Å². The number of piperidine rings is 1. The lowest BCUT2D eigenvalue weighted by atomic mass is 9.88. The Morgan fingerprint density at radius 3 is 2.81 bits per heavy atom. The minimum absolute atomic E-state index is 0.457. The third-order valence-corrected chi connectivity index (χ3v) is 5.44. The number of nitrogens with one attached hydrogen (secondary N) is 2. The van der Waals surface area contributed by atoms with Crippen LogP contribution in [0.4, 0.5) is 0 Å². The Morgan fingerprint density at radius 2 is 2.05 bits per heavy atom. The zero-order valence-corrected chi connectivity index (χ0v) is 13.6. The summed E-state index contributed by atoms with van der Waals surface area (Å²) >= 11 is 0. The molecule has 2 N–H and O–H groups in total. The fourth-order valence-corrected chi connectivity index (χ4v) is 4.28. The van der Waals surface area contributed by atoms with Gasteiger partial charge in [0, 0.05) is 18.1 Å². The number of benzene rings is 1. The Kier molecular flexibility index (Phi) is 4.97. The third kappa shape index (κ3) is 3.67. The van der Waals surface area contributed by atoms with Gasteiger partial charge >= 0.3 is 0 Å². The van der Waals surface area contributed by atoms with Crippen LogP contribution in [-0.4, -0.2) is 18.6 Å². The van der Waals surface area contributed by atoms with Crippen LogP contribution in [0.3, 0.4) is 0 Å². The van der Waals surface area contributed by atoms with Crippen molar-refractivity contribution in [2.75, 3.05) is 6.54 Å². The highest BCUT2D eigenvalue weighted by atomic mass is 15.0. The maximum absolute atomic E-state index is 3.93. The molecule has 1 aromatic rings. The van der Waals surface area contributed by atoms with Gasteiger partial charge in [0.05, 0.1) is 0 Å². The second kappa shape index (κ2) is 6.93. The Morgan fingerprint density at radius 1 is 1.14 bits per heavy atom. The summed E-state index contributed by atoms with van der Waals surface area (Å²) in [4.78, 5) is 0. The molecule has 1 aliphatic carbocycles. The first-order valence-corrected chi connectivity index (χ1v) is 8.80. The van der Waals surface area contributed by atoms with E-state index in [2.05, 4.69) is 48.7 Å². The molecule has 0 radical (unpaired) electrons. The van der Waals surface area contributed by atoms with Crippen LogP contribution in [0, 0.1) is 12.8 Å². The van der Waals surface area contributed by atoms with Gasteiger partial charge in [0.2, 0.25) is 0 Å². The van der Waals surface area contributed by atoms with Gasteiger partial charge in [0.25, 0.3) is 0 Å². The van der Waals surface area contributed by atoms with Crippen molar-refractivity contribution in [2.24, 2.45) is 5.92 Å². The van der Waals surface area contributed by atoms with Crippen LogP contribution in [-0.2, 0) is 0 Å². The van der Waals surface area contributed by atoms with E-state index in [4.69, 9.17) is 0 Å². The number of hydrogen-bond donors (Lipinski definition) is 2. The quantitative estimate of drug-likeness (QED) is 0.875. The average Bonchev–Trinajstić information content (AvgIpc) is 2.96. The summed E-state index contributed by atoms with van der Waals surface area (Å²) in [6.45, 7) is 5.72. The lowest BCUT2D eigenvalue weighted by molar-refractivity contribution is 0.248. The Labute approximate surface area is 129 Å². The second-order valence-corrected chi connectivity index (χ2v) is 7.06. The van der Waals surface area contributed by atoms with E-state index in [1.165, 1.54) is 56.2 Å². The smallest absolute Gasteiger partial charge is 0.0294 e. The lowest BCUT2D eigenvalue weighted by Crippen LogP contribution is -2.47. The molecule has 0 bridgehead atoms. The van der Waals surface area contributed by atoms with E-state index in [0.29, 0.717) is 12.1 Å². The van der Waals surface area contributed by atoms with Crippen molar-refractivity contribution >= 4 is 0 Å². The van der Waals surface area contributed by atoms with Crippen molar-refractivity contribution in [2.45, 2.75) is 70.5 Å². The number of aryl methyl sites for hydroxylation is 1. The van der Waals surface area contributed by atoms with Crippen molar-refractivity contribution in [1.29, 1.82) is 0 Å². The summed E-state index contributed by atoms with van der Waals surface area (Å²) in [7, 11) is 0. The van der Waals surface area contributed by atoms with Gasteiger partial charge in [-0.1, -0.05) is 42.7 Å². The largest absolute Gasteiger partial charge is 0.314 e. The summed E-state index contributed by atoms with van der Waals surface area (Å²) in [6, 6.07) is 10.8. The van der Waals surface area contributed by atoms with Crippen molar-refractivity contribution < 1.29 is 0 Å². The van der Waals surface area contributed by atoms with Gasteiger partial charge in [-0.2, -0.15) is 0 Å². The predicted octanol–water partition coefficient (Wildman–Crippen LogP) is 3.96. The molecule has 1 aromatic carbocycles. The third-order valence-electron chi connectivity index (χ3n) is 5.44. The topological polar surface area (TPSA) is 24.1 Å². The van der Waals surface area contributed by atoms with E-state index in [9.17, 15) is 0 Å². The lowest BCUT2D eigenvalue weighted by Gasteiger charge is -2.34. The monoisotopic (exact) mass is 286 g/mol. The van der Waals surface area contributed by atoms with Crippen LogP contribution in [0.25, 0.3) is 0 Å². The Bertz CT molecular complexity index is 451. The highest BCUT2D eigenvalue weighted by molar-refractivity contribution is 5.24. The molecule has 116 valence electrons. The molecule has 2 fully saturated rings. The van der Waals surface area contributed by atoms with Crippen LogP contribution in [0.5, 0.6) is 0 Å². The standard InChI is InChI=1S/C19H30N2/c1-14-7-5-8-16(13-14)15(2)21-19-11-6-9-17(19)18-10-3-4-12-20-18/h5,7-8,13,15,17-21H,3-4,6,9-12H2,1-2H3/t15-,17?,18?,19?/m1/s1. The van der Waals surface area contributed by atoms with Crippen molar-refractivity contribution in [3.05, 3.63) is 35.4 Å². The van der Waals surface area contributed by atoms with Gasteiger partial charge in [-0.3, -0.25) is 0 Å². The van der Waals surface area contributed by atoms with E-state index in [-0.39, 0.29) is 0 Å². The molecule has 3 rings (SSSR count). The number of hydrogen-bond acceptors (Lipinski definition) is 2. The van der Waals surface area contributed by atoms with Gasteiger partial charge in [-0.25, -0.2) is 0 Å². The molecule has 0 amide bonds. The fourth-order valence-electron chi connectivity index (χ4n) is 4.28. The SMILES string of the molecule is Cc1cccc([C@@H](C)NC2CCCC2C2CCCCN2)c1. The molecule has 3 unspecified atom stereocenters. The molecule has 2 nitrogen and oxygen atoms in total. The maximum Gasteiger partial charge on any atom is 0.0294 e. The molecule has 2 aliphatic rings. The van der Waals surface area contributed by atoms with Crippen molar-refractivity contribution in [1.82, 2.24) is 10.6 Å². The second-order valence-electron chi connectivity index (χ2n) is 7.06. The fraction of sp³-hybridized carbons (Fsp3) is 0.684. The highest BCUT2D eigenvalue weighted by Gasteiger charge is 2.34. The minimum Gasteiger partial charge on any atom is -0.314 e. The molecule has 2 heteroatoms. The number of rotatable bonds is 4. The van der Waals surface area contributed by atoms with Crippen molar-refractivity contribution in [3.63, 3.8) is 0 Å². The molecule has 21 heavy (non-hydrogen) atoms. The molecule has 1 heterocycles. The average molecular weight is 286 g/mol. The zero-order chi connectivity index (χ0) is 14.7. The molecular weight excluding hydrogens is 256 g/mol. The predicted molar refractivity (Wildman–Crippen MR) is 89.5 cm³/mol. The van der Waals surface area contributed by atoms with E-state index < -0.39 is 0 Å². The van der Waals surface area contributed by atoms with Crippen LogP contribution < -0.4 is 10.6 Å². The van der Waals surface area contributed by atoms with E-state index in [1.54, 1.807) is 0 Å². The summed E-state index contributed by atoms with van der Waals surface area (Å²) in [6.07, 6.45) is 8.28. The molecule has 1 saturated heterocycles. The van der Waals surface area contributed by atoms with Crippen LogP contribution >= 0.6 is 0 Å². The van der Waals surface area contributed by atoms with Gasteiger partial charge in [0.1, 0.15) is 0 Å². The molecule has 1 aliphatic heterocycles. The normalized spacial score (nSPS) is 31.2. The summed E-state index contributed by atoms with van der Waals surface area (Å²) in [5.74, 6) is 0.831. The minimum atomic E-state index is 0.457. The maximum atomic E-state index is 3.93. The van der Waals surface area contributed by atoms with E-state index in [1.807, 2.05) is 0 Å². The van der Waals surface area contributed by atoms with Crippen LogP contribution in [0.1, 0.15) is 62.6 Å². The Hall–Kier alpha value is -0.860. The molecule has 4 atom stereocenters. The van der Waals surface area contributed by atoms with Gasteiger partial charge in [-0.15, -0.1) is 0 Å². The molecule has 0 spiro atoms. The van der Waals surface area contributed by atoms with Crippen LogP contribution in [0.2, 0.25) is 0 Å². The molecule has 0 aromatic heterocycles. The van der Waals surface area contributed by atoms with Crippen molar-refractivity contribution in [3.8, 4) is 0 Å². The molecule has 1 saturated carbocycles. The Balaban J connectivity index is 1.62. The van der Waals surface area contributed by atoms with Gasteiger partial charge in [0.15, 0.2) is 0 Å². The first kappa shape index (κ1) is 15.1. The zero-order valence-electron chi connectivity index (χ0n) is 13.6. The summed E-state index contributed by atoms with van der Waals surface area (Å²) in [5, 5.41) is 7.70. The summed E-state index contributed by atoms with van der Waals surface area (Å²) in [5.41, 5.74) is 2.79. The summed E-state index contributed by atoms with van der Waals surface area (Å²) < 4.78 is 0. The molecular formula is C19H30N2. The first-order valence-electron chi connectivity index (χ1n) is 8.80. The highest BCUT2D eigenvalue weighted by Crippen LogP contribution is 2.33. The van der Waals surface area contributed by atoms with E-state index in [0.717, 1.165) is 12.0 Å². The van der Waals surface area contributed by atoms with E-state index >= 15 is 0 Å². The van der Waals surface area contributed by atoms with Gasteiger partial charge in [-0.05, 0) is 57.6 Å².